The zero-order valence-electron chi connectivity index (χ0n) is 11.6. The zero-order valence-corrected chi connectivity index (χ0v) is 12.4. The number of nitrogens with zero attached hydrogens (tertiary/aromatic N) is 2. The van der Waals surface area contributed by atoms with Gasteiger partial charge in [0.2, 0.25) is 0 Å². The molecule has 0 saturated carbocycles. The van der Waals surface area contributed by atoms with Crippen LogP contribution in [0.3, 0.4) is 0 Å². The summed E-state index contributed by atoms with van der Waals surface area (Å²) in [4.78, 5) is 0. The lowest BCUT2D eigenvalue weighted by atomic mass is 9.87. The van der Waals surface area contributed by atoms with Crippen LogP contribution in [-0.4, -0.2) is 22.7 Å². The van der Waals surface area contributed by atoms with E-state index in [1.807, 2.05) is 11.4 Å². The van der Waals surface area contributed by atoms with Gasteiger partial charge in [-0.1, -0.05) is 29.6 Å². The van der Waals surface area contributed by atoms with Gasteiger partial charge in [0.05, 0.1) is 18.3 Å². The normalized spacial score (nSPS) is 19.1. The van der Waals surface area contributed by atoms with E-state index >= 15 is 0 Å². The topological polar surface area (TPSA) is 47.0 Å². The van der Waals surface area contributed by atoms with E-state index in [1.165, 1.54) is 17.1 Å². The number of nitrogens with one attached hydrogen (secondary N) is 1. The summed E-state index contributed by atoms with van der Waals surface area (Å²) in [6.07, 6.45) is 2.11. The Morgan fingerprint density at radius 2 is 2.35 bits per heavy atom. The molecular weight excluding hydrogens is 270 g/mol. The van der Waals surface area contributed by atoms with Gasteiger partial charge in [-0.05, 0) is 48.5 Å². The van der Waals surface area contributed by atoms with E-state index in [0.29, 0.717) is 5.92 Å². The van der Waals surface area contributed by atoms with Crippen LogP contribution in [-0.2, 0) is 0 Å². The van der Waals surface area contributed by atoms with Gasteiger partial charge in [0.25, 0.3) is 0 Å². The summed E-state index contributed by atoms with van der Waals surface area (Å²) >= 11 is 1.42. The molecule has 0 saturated heterocycles. The first-order valence-electron chi connectivity index (χ1n) is 7.10. The maximum absolute atomic E-state index is 5.74. The largest absolute Gasteiger partial charge is 0.493 e. The lowest BCUT2D eigenvalue weighted by Gasteiger charge is -2.28. The summed E-state index contributed by atoms with van der Waals surface area (Å²) in [5.41, 5.74) is 2.38. The molecule has 1 aromatic heterocycles. The third-order valence-electron chi connectivity index (χ3n) is 3.79. The third kappa shape index (κ3) is 2.83. The molecule has 0 spiro atoms. The van der Waals surface area contributed by atoms with Crippen molar-refractivity contribution in [3.8, 4) is 5.75 Å². The van der Waals surface area contributed by atoms with E-state index in [2.05, 4.69) is 40.0 Å². The van der Waals surface area contributed by atoms with Crippen LogP contribution in [0.4, 0.5) is 0 Å². The van der Waals surface area contributed by atoms with E-state index in [1.54, 1.807) is 0 Å². The number of rotatable bonds is 5. The summed E-state index contributed by atoms with van der Waals surface area (Å²) in [6.45, 7) is 3.87. The Balaban J connectivity index is 1.79. The molecule has 5 heteroatoms. The van der Waals surface area contributed by atoms with Crippen LogP contribution in [0, 0.1) is 0 Å². The van der Waals surface area contributed by atoms with E-state index < -0.39 is 0 Å². The number of fused-ring (bicyclic) bond motifs is 1. The monoisotopic (exact) mass is 289 g/mol. The van der Waals surface area contributed by atoms with Crippen molar-refractivity contribution in [2.75, 3.05) is 13.2 Å². The van der Waals surface area contributed by atoms with Gasteiger partial charge in [0.1, 0.15) is 5.75 Å². The minimum absolute atomic E-state index is 0.273. The molecule has 2 aromatic rings. The molecule has 2 heterocycles. The average Bonchev–Trinajstić information content (AvgIpc) is 3.01. The minimum atomic E-state index is 0.273. The number of aromatic nitrogens is 2. The highest BCUT2D eigenvalue weighted by atomic mass is 32.1. The summed E-state index contributed by atoms with van der Waals surface area (Å²) in [5.74, 6) is 1.56. The van der Waals surface area contributed by atoms with Crippen molar-refractivity contribution in [3.05, 3.63) is 40.9 Å². The van der Waals surface area contributed by atoms with Crippen LogP contribution < -0.4 is 10.1 Å². The van der Waals surface area contributed by atoms with E-state index in [0.717, 1.165) is 37.4 Å². The second-order valence-corrected chi connectivity index (χ2v) is 5.66. The smallest absolute Gasteiger partial charge is 0.122 e. The second kappa shape index (κ2) is 6.33. The number of para-hydroxylation sites is 1. The van der Waals surface area contributed by atoms with Gasteiger partial charge in [-0.15, -0.1) is 5.10 Å². The molecule has 3 rings (SSSR count). The van der Waals surface area contributed by atoms with Crippen molar-refractivity contribution >= 4 is 11.5 Å². The molecule has 1 aromatic carbocycles. The molecule has 1 aliphatic rings. The Kier molecular flexibility index (Phi) is 4.28. The standard InChI is InChI=1S/C15H19N3OS/c1-2-16-13(14-10-20-18-17-14)9-11-7-8-19-15-6-4-3-5-12(11)15/h3-6,10-11,13,16H,2,7-9H2,1H3. The van der Waals surface area contributed by atoms with Crippen LogP contribution in [0.25, 0.3) is 0 Å². The molecule has 20 heavy (non-hydrogen) atoms. The van der Waals surface area contributed by atoms with E-state index in [4.69, 9.17) is 4.74 Å². The van der Waals surface area contributed by atoms with Gasteiger partial charge in [0, 0.05) is 5.38 Å². The Bertz CT molecular complexity index is 544. The molecule has 1 aliphatic heterocycles. The molecule has 2 unspecified atom stereocenters. The molecule has 2 atom stereocenters. The fourth-order valence-electron chi connectivity index (χ4n) is 2.82. The highest BCUT2D eigenvalue weighted by Gasteiger charge is 2.25. The van der Waals surface area contributed by atoms with Crippen LogP contribution in [0.2, 0.25) is 0 Å². The molecule has 0 fully saturated rings. The Labute approximate surface area is 123 Å². The first-order chi connectivity index (χ1) is 9.88. The first-order valence-corrected chi connectivity index (χ1v) is 7.94. The van der Waals surface area contributed by atoms with Gasteiger partial charge in [-0.2, -0.15) is 0 Å². The number of hydrogen-bond donors (Lipinski definition) is 1. The van der Waals surface area contributed by atoms with Gasteiger partial charge < -0.3 is 10.1 Å². The fourth-order valence-corrected chi connectivity index (χ4v) is 3.33. The maximum Gasteiger partial charge on any atom is 0.122 e. The molecule has 0 amide bonds. The fraction of sp³-hybridized carbons (Fsp3) is 0.467. The zero-order chi connectivity index (χ0) is 13.8. The predicted octanol–water partition coefficient (Wildman–Crippen LogP) is 3.15. The van der Waals surface area contributed by atoms with Gasteiger partial charge >= 0.3 is 0 Å². The molecule has 0 bridgehead atoms. The summed E-state index contributed by atoms with van der Waals surface area (Å²) in [6, 6.07) is 8.64. The van der Waals surface area contributed by atoms with Crippen molar-refractivity contribution in [2.45, 2.75) is 31.7 Å². The summed E-state index contributed by atoms with van der Waals surface area (Å²) < 4.78 is 9.73. The Morgan fingerprint density at radius 3 is 3.15 bits per heavy atom. The van der Waals surface area contributed by atoms with Gasteiger partial charge in [-0.25, -0.2) is 0 Å². The van der Waals surface area contributed by atoms with Crippen molar-refractivity contribution in [3.63, 3.8) is 0 Å². The third-order valence-corrected chi connectivity index (χ3v) is 4.31. The molecule has 1 N–H and O–H groups in total. The molecule has 106 valence electrons. The minimum Gasteiger partial charge on any atom is -0.493 e. The SMILES string of the molecule is CCNC(CC1CCOc2ccccc21)c1csnn1. The van der Waals surface area contributed by atoms with Crippen molar-refractivity contribution in [1.82, 2.24) is 14.9 Å². The van der Waals surface area contributed by atoms with Gasteiger partial charge in [0.15, 0.2) is 0 Å². The number of ether oxygens (including phenoxy) is 1. The first kappa shape index (κ1) is 13.5. The molecule has 4 nitrogen and oxygen atoms in total. The molecular formula is C15H19N3OS. The summed E-state index contributed by atoms with van der Waals surface area (Å²) in [5, 5.41) is 9.80. The van der Waals surface area contributed by atoms with Crippen LogP contribution in [0.15, 0.2) is 29.6 Å². The van der Waals surface area contributed by atoms with Crippen molar-refractivity contribution in [1.29, 1.82) is 0 Å². The summed E-state index contributed by atoms with van der Waals surface area (Å²) in [7, 11) is 0. The highest BCUT2D eigenvalue weighted by molar-refractivity contribution is 7.03. The number of benzene rings is 1. The van der Waals surface area contributed by atoms with Crippen molar-refractivity contribution in [2.24, 2.45) is 0 Å². The second-order valence-electron chi connectivity index (χ2n) is 5.05. The van der Waals surface area contributed by atoms with Crippen LogP contribution in [0.1, 0.15) is 43.0 Å². The van der Waals surface area contributed by atoms with Crippen molar-refractivity contribution < 1.29 is 4.74 Å². The number of hydrogen-bond acceptors (Lipinski definition) is 5. The molecule has 0 aliphatic carbocycles. The maximum atomic E-state index is 5.74. The average molecular weight is 289 g/mol. The highest BCUT2D eigenvalue weighted by Crippen LogP contribution is 2.38. The van der Waals surface area contributed by atoms with Gasteiger partial charge in [-0.3, -0.25) is 0 Å². The van der Waals surface area contributed by atoms with Crippen LogP contribution >= 0.6 is 11.5 Å². The Hall–Kier alpha value is -1.46. The Morgan fingerprint density at radius 1 is 1.45 bits per heavy atom. The predicted molar refractivity (Wildman–Crippen MR) is 80.2 cm³/mol. The quantitative estimate of drug-likeness (QED) is 0.918. The lowest BCUT2D eigenvalue weighted by molar-refractivity contribution is 0.255. The lowest BCUT2D eigenvalue weighted by Crippen LogP contribution is -2.25. The van der Waals surface area contributed by atoms with E-state index in [9.17, 15) is 0 Å². The van der Waals surface area contributed by atoms with Crippen LogP contribution in [0.5, 0.6) is 5.75 Å². The van der Waals surface area contributed by atoms with E-state index in [-0.39, 0.29) is 6.04 Å². The molecule has 0 radical (unpaired) electrons.